The Balaban J connectivity index is 2.22. The lowest BCUT2D eigenvalue weighted by Gasteiger charge is -1.94. The summed E-state index contributed by atoms with van der Waals surface area (Å²) in [6, 6.07) is 1.77. The number of fused-ring (bicyclic) bond motifs is 1. The Labute approximate surface area is 96.5 Å². The van der Waals surface area contributed by atoms with Crippen LogP contribution in [0.2, 0.25) is 0 Å². The van der Waals surface area contributed by atoms with E-state index in [4.69, 9.17) is 5.11 Å². The topological polar surface area (TPSA) is 55.1 Å². The van der Waals surface area contributed by atoms with Gasteiger partial charge in [-0.3, -0.25) is 4.68 Å². The molecule has 0 aliphatic heterocycles. The second-order valence-electron chi connectivity index (χ2n) is 4.11. The van der Waals surface area contributed by atoms with Gasteiger partial charge in [-0.25, -0.2) is 4.79 Å². The van der Waals surface area contributed by atoms with Gasteiger partial charge >= 0.3 is 5.97 Å². The maximum absolute atomic E-state index is 10.9. The van der Waals surface area contributed by atoms with Crippen LogP contribution < -0.4 is 0 Å². The Morgan fingerprint density at radius 1 is 1.69 bits per heavy atom. The van der Waals surface area contributed by atoms with Gasteiger partial charge in [-0.1, -0.05) is 0 Å². The van der Waals surface area contributed by atoms with Crippen molar-refractivity contribution in [3.63, 3.8) is 0 Å². The Hall–Kier alpha value is -1.36. The van der Waals surface area contributed by atoms with E-state index < -0.39 is 5.97 Å². The summed E-state index contributed by atoms with van der Waals surface area (Å²) in [5.41, 5.74) is 1.10. The molecular formula is C11H12N2O2S. The molecule has 1 aliphatic carbocycles. The molecule has 0 atom stereocenters. The summed E-state index contributed by atoms with van der Waals surface area (Å²) in [5, 5.41) is 14.6. The van der Waals surface area contributed by atoms with Crippen molar-refractivity contribution in [2.45, 2.75) is 32.2 Å². The summed E-state index contributed by atoms with van der Waals surface area (Å²) < 4.78 is 1.92. The quantitative estimate of drug-likeness (QED) is 0.891. The molecule has 3 rings (SSSR count). The van der Waals surface area contributed by atoms with Gasteiger partial charge in [-0.2, -0.15) is 5.10 Å². The molecule has 0 saturated heterocycles. The van der Waals surface area contributed by atoms with Crippen LogP contribution >= 0.6 is 11.3 Å². The number of hydrogen-bond acceptors (Lipinski definition) is 3. The van der Waals surface area contributed by atoms with E-state index in [9.17, 15) is 4.79 Å². The predicted molar refractivity (Wildman–Crippen MR) is 62.2 cm³/mol. The maximum atomic E-state index is 10.9. The van der Waals surface area contributed by atoms with Crippen LogP contribution in [0.4, 0.5) is 0 Å². The van der Waals surface area contributed by atoms with Crippen molar-refractivity contribution >= 4 is 27.5 Å². The Morgan fingerprint density at radius 2 is 2.44 bits per heavy atom. The van der Waals surface area contributed by atoms with Crippen LogP contribution in [-0.2, 0) is 6.54 Å². The zero-order chi connectivity index (χ0) is 11.3. The molecule has 1 aliphatic rings. The number of carbonyl (C=O) groups is 1. The summed E-state index contributed by atoms with van der Waals surface area (Å²) in [4.78, 5) is 12.4. The molecule has 2 aromatic rings. The van der Waals surface area contributed by atoms with Gasteiger partial charge in [0.15, 0.2) is 0 Å². The highest BCUT2D eigenvalue weighted by Gasteiger charge is 2.30. The standard InChI is InChI=1S/C11H12N2O2S/c1-2-13-10-7(5-8(16-10)11(14)15)9(12-13)6-3-4-6/h5-6H,2-4H2,1H3,(H,14,15). The summed E-state index contributed by atoms with van der Waals surface area (Å²) in [6.45, 7) is 2.83. The molecule has 4 nitrogen and oxygen atoms in total. The fraction of sp³-hybridized carbons (Fsp3) is 0.455. The lowest BCUT2D eigenvalue weighted by molar-refractivity contribution is 0.0702. The highest BCUT2D eigenvalue weighted by atomic mass is 32.1. The zero-order valence-corrected chi connectivity index (χ0v) is 9.75. The Morgan fingerprint density at radius 3 is 3.00 bits per heavy atom. The van der Waals surface area contributed by atoms with Gasteiger partial charge in [-0.15, -0.1) is 11.3 Å². The first-order chi connectivity index (χ1) is 7.70. The maximum Gasteiger partial charge on any atom is 0.345 e. The molecule has 0 unspecified atom stereocenters. The Bertz CT molecular complexity index is 566. The summed E-state index contributed by atoms with van der Waals surface area (Å²) in [5.74, 6) is -0.280. The molecule has 2 heterocycles. The molecule has 1 fully saturated rings. The lowest BCUT2D eigenvalue weighted by Crippen LogP contribution is -1.96. The van der Waals surface area contributed by atoms with Crippen LogP contribution in [0.15, 0.2) is 6.07 Å². The van der Waals surface area contributed by atoms with Gasteiger partial charge in [0.1, 0.15) is 9.71 Å². The molecule has 1 saturated carbocycles. The molecule has 0 aromatic carbocycles. The SMILES string of the molecule is CCn1nc(C2CC2)c2cc(C(=O)O)sc21. The lowest BCUT2D eigenvalue weighted by atomic mass is 10.2. The monoisotopic (exact) mass is 236 g/mol. The number of hydrogen-bond donors (Lipinski definition) is 1. The summed E-state index contributed by atoms with van der Waals surface area (Å²) >= 11 is 1.32. The third-order valence-corrected chi connectivity index (χ3v) is 4.06. The molecule has 0 bridgehead atoms. The number of aromatic carboxylic acids is 1. The average Bonchev–Trinajstić information content (AvgIpc) is 2.90. The molecule has 0 radical (unpaired) electrons. The second-order valence-corrected chi connectivity index (χ2v) is 5.14. The van der Waals surface area contributed by atoms with Crippen molar-refractivity contribution in [2.75, 3.05) is 0 Å². The van der Waals surface area contributed by atoms with Crippen molar-refractivity contribution in [1.29, 1.82) is 0 Å². The zero-order valence-electron chi connectivity index (χ0n) is 8.93. The van der Waals surface area contributed by atoms with Gasteiger partial charge in [0.05, 0.1) is 5.69 Å². The molecule has 84 valence electrons. The number of thiophene rings is 1. The van der Waals surface area contributed by atoms with Crippen LogP contribution in [0.25, 0.3) is 10.2 Å². The van der Waals surface area contributed by atoms with Crippen LogP contribution in [0.5, 0.6) is 0 Å². The highest BCUT2D eigenvalue weighted by Crippen LogP contribution is 2.44. The van der Waals surface area contributed by atoms with Crippen molar-refractivity contribution in [3.05, 3.63) is 16.6 Å². The van der Waals surface area contributed by atoms with Crippen molar-refractivity contribution in [1.82, 2.24) is 9.78 Å². The van der Waals surface area contributed by atoms with E-state index in [1.807, 2.05) is 11.6 Å². The van der Waals surface area contributed by atoms with E-state index in [0.717, 1.165) is 22.5 Å². The number of carboxylic acid groups (broad SMARTS) is 1. The van der Waals surface area contributed by atoms with E-state index >= 15 is 0 Å². The summed E-state index contributed by atoms with van der Waals surface area (Å²) in [6.07, 6.45) is 2.38. The molecule has 0 spiro atoms. The highest BCUT2D eigenvalue weighted by molar-refractivity contribution is 7.20. The van der Waals surface area contributed by atoms with Gasteiger partial charge in [-0.05, 0) is 25.8 Å². The number of aromatic nitrogens is 2. The number of nitrogens with zero attached hydrogens (tertiary/aromatic N) is 2. The van der Waals surface area contributed by atoms with E-state index in [2.05, 4.69) is 5.10 Å². The van der Waals surface area contributed by atoms with Gasteiger partial charge in [0.25, 0.3) is 0 Å². The van der Waals surface area contributed by atoms with Gasteiger partial charge in [0, 0.05) is 17.8 Å². The first kappa shape index (κ1) is 9.84. The van der Waals surface area contributed by atoms with E-state index in [-0.39, 0.29) is 0 Å². The van der Waals surface area contributed by atoms with Crippen molar-refractivity contribution in [2.24, 2.45) is 0 Å². The van der Waals surface area contributed by atoms with Crippen LogP contribution in [0.1, 0.15) is 41.0 Å². The van der Waals surface area contributed by atoms with Crippen LogP contribution in [0.3, 0.4) is 0 Å². The van der Waals surface area contributed by atoms with E-state index in [1.54, 1.807) is 6.07 Å². The number of rotatable bonds is 3. The van der Waals surface area contributed by atoms with Crippen molar-refractivity contribution < 1.29 is 9.90 Å². The number of carboxylic acids is 1. The van der Waals surface area contributed by atoms with E-state index in [0.29, 0.717) is 10.8 Å². The number of aryl methyl sites for hydroxylation is 1. The first-order valence-electron chi connectivity index (χ1n) is 5.44. The molecule has 0 amide bonds. The van der Waals surface area contributed by atoms with Crippen LogP contribution in [-0.4, -0.2) is 20.9 Å². The first-order valence-corrected chi connectivity index (χ1v) is 6.26. The molecule has 5 heteroatoms. The largest absolute Gasteiger partial charge is 0.477 e. The minimum Gasteiger partial charge on any atom is -0.477 e. The molecule has 1 N–H and O–H groups in total. The average molecular weight is 236 g/mol. The molecule has 2 aromatic heterocycles. The minimum absolute atomic E-state index is 0.413. The normalized spacial score (nSPS) is 15.8. The second kappa shape index (κ2) is 3.31. The fourth-order valence-corrected chi connectivity index (χ4v) is 2.99. The minimum atomic E-state index is -0.842. The third-order valence-electron chi connectivity index (χ3n) is 2.93. The summed E-state index contributed by atoms with van der Waals surface area (Å²) in [7, 11) is 0. The molecule has 16 heavy (non-hydrogen) atoms. The van der Waals surface area contributed by atoms with Crippen molar-refractivity contribution in [3.8, 4) is 0 Å². The Kier molecular flexibility index (Phi) is 2.04. The molecular weight excluding hydrogens is 224 g/mol. The fourth-order valence-electron chi connectivity index (χ4n) is 1.96. The van der Waals surface area contributed by atoms with Gasteiger partial charge in [0.2, 0.25) is 0 Å². The van der Waals surface area contributed by atoms with Crippen LogP contribution in [0, 0.1) is 0 Å². The van der Waals surface area contributed by atoms with Gasteiger partial charge < -0.3 is 5.11 Å². The predicted octanol–water partition coefficient (Wildman–Crippen LogP) is 2.69. The smallest absolute Gasteiger partial charge is 0.345 e. The third kappa shape index (κ3) is 1.35. The van der Waals surface area contributed by atoms with E-state index in [1.165, 1.54) is 24.2 Å².